The van der Waals surface area contributed by atoms with E-state index < -0.39 is 0 Å². The predicted octanol–water partition coefficient (Wildman–Crippen LogP) is 3.32. The Morgan fingerprint density at radius 1 is 1.25 bits per heavy atom. The van der Waals surface area contributed by atoms with Crippen molar-refractivity contribution in [2.24, 2.45) is 4.99 Å². The van der Waals surface area contributed by atoms with E-state index in [4.69, 9.17) is 0 Å². The van der Waals surface area contributed by atoms with E-state index in [1.807, 2.05) is 24.2 Å². The fourth-order valence-electron chi connectivity index (χ4n) is 2.19. The first kappa shape index (κ1) is 13.2. The molecule has 1 aromatic carbocycles. The Hall–Kier alpha value is -1.81. The van der Waals surface area contributed by atoms with Gasteiger partial charge in [0.25, 0.3) is 0 Å². The van der Waals surface area contributed by atoms with Crippen molar-refractivity contribution in [2.75, 3.05) is 6.54 Å². The van der Waals surface area contributed by atoms with Crippen LogP contribution >= 0.6 is 11.8 Å². The number of hydrogen-bond acceptors (Lipinski definition) is 4. The standard InChI is InChI=1S/C16H17N3S/c1-12-9-17-8-7-14(12)10-18-16-19-11-15(20-16)13-5-3-2-4-6-13/h2-9,15H,10-11H2,1H3,(H,18,19). The lowest BCUT2D eigenvalue weighted by atomic mass is 10.1. The number of nitrogens with zero attached hydrogens (tertiary/aromatic N) is 2. The number of benzene rings is 1. The van der Waals surface area contributed by atoms with Crippen molar-refractivity contribution in [3.63, 3.8) is 0 Å². The van der Waals surface area contributed by atoms with Crippen LogP contribution in [0.1, 0.15) is 21.9 Å². The van der Waals surface area contributed by atoms with Gasteiger partial charge in [-0.1, -0.05) is 42.1 Å². The lowest BCUT2D eigenvalue weighted by Gasteiger charge is -2.10. The van der Waals surface area contributed by atoms with E-state index >= 15 is 0 Å². The van der Waals surface area contributed by atoms with Crippen LogP contribution in [0.5, 0.6) is 0 Å². The van der Waals surface area contributed by atoms with Crippen molar-refractivity contribution in [3.8, 4) is 0 Å². The zero-order chi connectivity index (χ0) is 13.8. The average Bonchev–Trinajstić information content (AvgIpc) is 2.96. The maximum atomic E-state index is 4.59. The van der Waals surface area contributed by atoms with E-state index in [1.54, 1.807) is 0 Å². The molecule has 0 spiro atoms. The first-order valence-corrected chi connectivity index (χ1v) is 7.60. The molecular formula is C16H17N3S. The summed E-state index contributed by atoms with van der Waals surface area (Å²) in [6.45, 7) is 3.74. The highest BCUT2D eigenvalue weighted by atomic mass is 32.2. The molecule has 3 rings (SSSR count). The Labute approximate surface area is 123 Å². The molecule has 1 aliphatic rings. The van der Waals surface area contributed by atoms with Crippen molar-refractivity contribution in [1.82, 2.24) is 10.3 Å². The first-order valence-electron chi connectivity index (χ1n) is 6.72. The second-order valence-electron chi connectivity index (χ2n) is 4.82. The summed E-state index contributed by atoms with van der Waals surface area (Å²) in [4.78, 5) is 8.70. The van der Waals surface area contributed by atoms with Gasteiger partial charge in [0.15, 0.2) is 5.17 Å². The van der Waals surface area contributed by atoms with Crippen LogP contribution in [0, 0.1) is 6.92 Å². The Morgan fingerprint density at radius 2 is 2.10 bits per heavy atom. The van der Waals surface area contributed by atoms with Crippen LogP contribution in [0.4, 0.5) is 0 Å². The van der Waals surface area contributed by atoms with Gasteiger partial charge in [-0.3, -0.25) is 9.98 Å². The van der Waals surface area contributed by atoms with Gasteiger partial charge in [0.2, 0.25) is 0 Å². The highest BCUT2D eigenvalue weighted by Crippen LogP contribution is 2.34. The third kappa shape index (κ3) is 3.02. The van der Waals surface area contributed by atoms with Crippen LogP contribution in [0.15, 0.2) is 53.8 Å². The maximum absolute atomic E-state index is 4.59. The molecule has 0 fully saturated rings. The summed E-state index contributed by atoms with van der Waals surface area (Å²) >= 11 is 1.81. The Kier molecular flexibility index (Phi) is 4.02. The zero-order valence-electron chi connectivity index (χ0n) is 11.4. The number of thioether (sulfide) groups is 1. The molecule has 1 aliphatic heterocycles. The largest absolute Gasteiger partial charge is 0.361 e. The van der Waals surface area contributed by atoms with Crippen LogP contribution in [-0.4, -0.2) is 16.7 Å². The molecule has 0 bridgehead atoms. The Balaban J connectivity index is 1.57. The summed E-state index contributed by atoms with van der Waals surface area (Å²) in [5.41, 5.74) is 3.83. The molecule has 1 unspecified atom stereocenters. The van der Waals surface area contributed by atoms with E-state index in [0.717, 1.165) is 18.3 Å². The summed E-state index contributed by atoms with van der Waals surface area (Å²) in [6, 6.07) is 12.6. The zero-order valence-corrected chi connectivity index (χ0v) is 12.2. The average molecular weight is 283 g/mol. The molecule has 3 nitrogen and oxygen atoms in total. The van der Waals surface area contributed by atoms with Crippen LogP contribution in [-0.2, 0) is 6.54 Å². The van der Waals surface area contributed by atoms with Crippen molar-refractivity contribution in [3.05, 3.63) is 65.5 Å². The number of aryl methyl sites for hydroxylation is 1. The van der Waals surface area contributed by atoms with Crippen molar-refractivity contribution >= 4 is 16.9 Å². The lowest BCUT2D eigenvalue weighted by molar-refractivity contribution is 0.900. The number of aromatic nitrogens is 1. The molecular weight excluding hydrogens is 266 g/mol. The number of rotatable bonds is 3. The van der Waals surface area contributed by atoms with Crippen LogP contribution in [0.3, 0.4) is 0 Å². The summed E-state index contributed by atoms with van der Waals surface area (Å²) in [7, 11) is 0. The number of aliphatic imine (C=N–C) groups is 1. The molecule has 4 heteroatoms. The molecule has 1 aromatic heterocycles. The molecule has 2 aromatic rings. The molecule has 102 valence electrons. The van der Waals surface area contributed by atoms with Gasteiger partial charge in [-0.25, -0.2) is 0 Å². The highest BCUT2D eigenvalue weighted by Gasteiger charge is 2.20. The highest BCUT2D eigenvalue weighted by molar-refractivity contribution is 8.14. The van der Waals surface area contributed by atoms with E-state index in [2.05, 4.69) is 58.6 Å². The molecule has 0 amide bonds. The number of pyridine rings is 1. The molecule has 1 atom stereocenters. The van der Waals surface area contributed by atoms with Gasteiger partial charge in [-0.05, 0) is 29.7 Å². The minimum absolute atomic E-state index is 0.442. The van der Waals surface area contributed by atoms with Crippen molar-refractivity contribution in [2.45, 2.75) is 18.7 Å². The van der Waals surface area contributed by atoms with E-state index in [-0.39, 0.29) is 0 Å². The molecule has 0 radical (unpaired) electrons. The van der Waals surface area contributed by atoms with Gasteiger partial charge in [-0.2, -0.15) is 0 Å². The third-order valence-electron chi connectivity index (χ3n) is 3.39. The summed E-state index contributed by atoms with van der Waals surface area (Å²) < 4.78 is 0. The van der Waals surface area contributed by atoms with Crippen LogP contribution in [0.2, 0.25) is 0 Å². The fourth-order valence-corrected chi connectivity index (χ4v) is 3.20. The molecule has 0 aliphatic carbocycles. The van der Waals surface area contributed by atoms with E-state index in [9.17, 15) is 0 Å². The summed E-state index contributed by atoms with van der Waals surface area (Å²) in [5.74, 6) is 0. The Morgan fingerprint density at radius 3 is 2.90 bits per heavy atom. The molecule has 2 heterocycles. The van der Waals surface area contributed by atoms with Gasteiger partial charge in [-0.15, -0.1) is 0 Å². The second kappa shape index (κ2) is 6.09. The van der Waals surface area contributed by atoms with Crippen LogP contribution < -0.4 is 5.32 Å². The minimum atomic E-state index is 0.442. The van der Waals surface area contributed by atoms with E-state index in [0.29, 0.717) is 5.25 Å². The van der Waals surface area contributed by atoms with Gasteiger partial charge >= 0.3 is 0 Å². The fraction of sp³-hybridized carbons (Fsp3) is 0.250. The summed E-state index contributed by atoms with van der Waals surface area (Å²) in [6.07, 6.45) is 3.73. The van der Waals surface area contributed by atoms with Gasteiger partial charge in [0, 0.05) is 18.9 Å². The quantitative estimate of drug-likeness (QED) is 0.939. The molecule has 1 N–H and O–H groups in total. The summed E-state index contributed by atoms with van der Waals surface area (Å²) in [5, 5.41) is 4.90. The monoisotopic (exact) mass is 283 g/mol. The number of nitrogens with one attached hydrogen (secondary N) is 1. The normalized spacial score (nSPS) is 17.9. The lowest BCUT2D eigenvalue weighted by Crippen LogP contribution is -2.19. The minimum Gasteiger partial charge on any atom is -0.361 e. The second-order valence-corrected chi connectivity index (χ2v) is 6.01. The SMILES string of the molecule is Cc1cnccc1CNC1=NCC(c2ccccc2)S1. The number of amidine groups is 1. The smallest absolute Gasteiger partial charge is 0.157 e. The Bertz CT molecular complexity index is 610. The van der Waals surface area contributed by atoms with Gasteiger partial charge < -0.3 is 5.32 Å². The van der Waals surface area contributed by atoms with Gasteiger partial charge in [0.05, 0.1) is 11.8 Å². The molecule has 0 saturated carbocycles. The topological polar surface area (TPSA) is 37.3 Å². The van der Waals surface area contributed by atoms with Crippen LogP contribution in [0.25, 0.3) is 0 Å². The van der Waals surface area contributed by atoms with E-state index in [1.165, 1.54) is 16.7 Å². The number of hydrogen-bond donors (Lipinski definition) is 1. The third-order valence-corrected chi connectivity index (χ3v) is 4.59. The predicted molar refractivity (Wildman–Crippen MR) is 84.9 cm³/mol. The molecule has 20 heavy (non-hydrogen) atoms. The maximum Gasteiger partial charge on any atom is 0.157 e. The van der Waals surface area contributed by atoms with Crippen molar-refractivity contribution in [1.29, 1.82) is 0 Å². The van der Waals surface area contributed by atoms with Gasteiger partial charge in [0.1, 0.15) is 0 Å². The van der Waals surface area contributed by atoms with Crippen molar-refractivity contribution < 1.29 is 0 Å². The first-order chi connectivity index (χ1) is 9.83. The molecule has 0 saturated heterocycles.